The molecule has 0 aliphatic carbocycles. The van der Waals surface area contributed by atoms with Gasteiger partial charge in [-0.05, 0) is 35.5 Å². The van der Waals surface area contributed by atoms with Crippen LogP contribution in [0, 0.1) is 0 Å². The van der Waals surface area contributed by atoms with E-state index in [2.05, 4.69) is 25.8 Å². The Hall–Kier alpha value is -2.74. The molecular formula is C13H15N7O. The maximum atomic E-state index is 5.76. The number of aromatic nitrogens is 5. The van der Waals surface area contributed by atoms with Gasteiger partial charge in [0.1, 0.15) is 5.75 Å². The summed E-state index contributed by atoms with van der Waals surface area (Å²) >= 11 is 0. The molecule has 0 saturated carbocycles. The van der Waals surface area contributed by atoms with E-state index in [9.17, 15) is 0 Å². The number of benzene rings is 1. The smallest absolute Gasteiger partial charge is 0.199 e. The zero-order valence-corrected chi connectivity index (χ0v) is 11.5. The molecule has 3 aromatic rings. The molecule has 0 aliphatic rings. The monoisotopic (exact) mass is 285 g/mol. The fourth-order valence-corrected chi connectivity index (χ4v) is 2.02. The van der Waals surface area contributed by atoms with Crippen LogP contribution in [0.5, 0.6) is 5.75 Å². The molecule has 108 valence electrons. The zero-order chi connectivity index (χ0) is 14.7. The Morgan fingerprint density at radius 2 is 2.24 bits per heavy atom. The molecule has 0 saturated heterocycles. The maximum absolute atomic E-state index is 5.76. The number of ether oxygens (including phenoxy) is 1. The number of nitrogens with one attached hydrogen (secondary N) is 1. The predicted octanol–water partition coefficient (Wildman–Crippen LogP) is 1.12. The van der Waals surface area contributed by atoms with Crippen LogP contribution in [0.1, 0.15) is 12.5 Å². The van der Waals surface area contributed by atoms with Gasteiger partial charge in [0, 0.05) is 17.8 Å². The topological polar surface area (TPSA) is 103 Å². The van der Waals surface area contributed by atoms with Gasteiger partial charge in [-0.25, -0.2) is 0 Å². The molecule has 0 bridgehead atoms. The van der Waals surface area contributed by atoms with Crippen LogP contribution < -0.4 is 15.8 Å². The van der Waals surface area contributed by atoms with Crippen molar-refractivity contribution in [3.05, 3.63) is 36.2 Å². The summed E-state index contributed by atoms with van der Waals surface area (Å²) in [4.78, 5) is 4.10. The van der Waals surface area contributed by atoms with Crippen molar-refractivity contribution in [2.45, 2.75) is 13.5 Å². The second kappa shape index (κ2) is 5.71. The van der Waals surface area contributed by atoms with Gasteiger partial charge in [-0.15, -0.1) is 5.10 Å². The number of nitrogens with zero attached hydrogens (tertiary/aromatic N) is 5. The Balaban J connectivity index is 1.92. The number of hydrogen-bond donors (Lipinski definition) is 2. The lowest BCUT2D eigenvalue weighted by Gasteiger charge is -2.12. The summed E-state index contributed by atoms with van der Waals surface area (Å²) in [6, 6.07) is 5.74. The molecule has 2 heterocycles. The second-order valence-electron chi connectivity index (χ2n) is 4.33. The Morgan fingerprint density at radius 3 is 3.05 bits per heavy atom. The molecule has 0 radical (unpaired) electrons. The number of fused-ring (bicyclic) bond motifs is 1. The lowest BCUT2D eigenvalue weighted by Crippen LogP contribution is -2.05. The molecular weight excluding hydrogens is 270 g/mol. The fraction of sp³-hybridized carbons (Fsp3) is 0.231. The van der Waals surface area contributed by atoms with Gasteiger partial charge in [0.25, 0.3) is 0 Å². The average Bonchev–Trinajstić information content (AvgIpc) is 2.98. The molecule has 21 heavy (non-hydrogen) atoms. The Morgan fingerprint density at radius 1 is 1.33 bits per heavy atom. The number of nitrogens with two attached hydrogens (primary N) is 1. The molecule has 0 aliphatic heterocycles. The van der Waals surface area contributed by atoms with Crippen molar-refractivity contribution < 1.29 is 4.74 Å². The quantitative estimate of drug-likeness (QED) is 0.724. The van der Waals surface area contributed by atoms with E-state index in [-0.39, 0.29) is 0 Å². The van der Waals surface area contributed by atoms with Crippen LogP contribution in [-0.4, -0.2) is 31.6 Å². The first-order valence-corrected chi connectivity index (χ1v) is 6.56. The van der Waals surface area contributed by atoms with Crippen molar-refractivity contribution in [2.24, 2.45) is 5.73 Å². The fourth-order valence-electron chi connectivity index (χ4n) is 2.02. The molecule has 0 amide bonds. The summed E-state index contributed by atoms with van der Waals surface area (Å²) in [5, 5.41) is 14.6. The first-order chi connectivity index (χ1) is 10.3. The van der Waals surface area contributed by atoms with Crippen LogP contribution in [0.15, 0.2) is 30.6 Å². The normalized spacial score (nSPS) is 10.8. The molecule has 0 unspecified atom stereocenters. The van der Waals surface area contributed by atoms with E-state index >= 15 is 0 Å². The average molecular weight is 285 g/mol. The number of tetrazole rings is 1. The molecule has 8 nitrogen and oxygen atoms in total. The van der Waals surface area contributed by atoms with E-state index in [1.54, 1.807) is 16.9 Å². The third-order valence-corrected chi connectivity index (χ3v) is 2.96. The molecule has 2 aromatic heterocycles. The molecule has 0 spiro atoms. The highest BCUT2D eigenvalue weighted by Crippen LogP contribution is 2.24. The lowest BCUT2D eigenvalue weighted by atomic mass is 10.1. The molecule has 0 fully saturated rings. The van der Waals surface area contributed by atoms with Gasteiger partial charge < -0.3 is 15.8 Å². The number of anilines is 2. The highest BCUT2D eigenvalue weighted by molar-refractivity contribution is 5.60. The van der Waals surface area contributed by atoms with Gasteiger partial charge in [-0.1, -0.05) is 0 Å². The van der Waals surface area contributed by atoms with Crippen molar-refractivity contribution in [3.63, 3.8) is 0 Å². The van der Waals surface area contributed by atoms with Crippen molar-refractivity contribution in [2.75, 3.05) is 11.9 Å². The Labute approximate surface area is 120 Å². The molecule has 0 atom stereocenters. The van der Waals surface area contributed by atoms with Gasteiger partial charge >= 0.3 is 0 Å². The van der Waals surface area contributed by atoms with E-state index in [0.717, 1.165) is 17.0 Å². The third kappa shape index (κ3) is 2.61. The van der Waals surface area contributed by atoms with Crippen molar-refractivity contribution in [1.29, 1.82) is 0 Å². The highest BCUT2D eigenvalue weighted by Gasteiger charge is 2.07. The van der Waals surface area contributed by atoms with Crippen LogP contribution in [-0.2, 0) is 6.54 Å². The largest absolute Gasteiger partial charge is 0.494 e. The van der Waals surface area contributed by atoms with Gasteiger partial charge in [0.2, 0.25) is 0 Å². The van der Waals surface area contributed by atoms with Crippen LogP contribution in [0.4, 0.5) is 11.5 Å². The van der Waals surface area contributed by atoms with Crippen LogP contribution in [0.2, 0.25) is 0 Å². The summed E-state index contributed by atoms with van der Waals surface area (Å²) in [6.45, 7) is 2.95. The third-order valence-electron chi connectivity index (χ3n) is 2.96. The number of hydrogen-bond acceptors (Lipinski definition) is 7. The van der Waals surface area contributed by atoms with Crippen LogP contribution in [0.25, 0.3) is 5.65 Å². The molecule has 1 aromatic carbocycles. The number of rotatable bonds is 5. The zero-order valence-electron chi connectivity index (χ0n) is 11.5. The van der Waals surface area contributed by atoms with Gasteiger partial charge in [-0.3, -0.25) is 4.98 Å². The van der Waals surface area contributed by atoms with Gasteiger partial charge in [0.15, 0.2) is 11.5 Å². The molecule has 8 heteroatoms. The minimum atomic E-state index is 0.401. The van der Waals surface area contributed by atoms with Crippen molar-refractivity contribution in [1.82, 2.24) is 25.0 Å². The summed E-state index contributed by atoms with van der Waals surface area (Å²) < 4.78 is 7.11. The van der Waals surface area contributed by atoms with Crippen molar-refractivity contribution >= 4 is 17.2 Å². The minimum absolute atomic E-state index is 0.401. The lowest BCUT2D eigenvalue weighted by molar-refractivity contribution is 0.336. The minimum Gasteiger partial charge on any atom is -0.494 e. The Bertz CT molecular complexity index is 755. The summed E-state index contributed by atoms with van der Waals surface area (Å²) in [5.74, 6) is 1.47. The molecule has 3 rings (SSSR count). The van der Waals surface area contributed by atoms with Gasteiger partial charge in [-0.2, -0.15) is 4.52 Å². The highest BCUT2D eigenvalue weighted by atomic mass is 16.5. The second-order valence-corrected chi connectivity index (χ2v) is 4.33. The van der Waals surface area contributed by atoms with E-state index in [1.165, 1.54) is 0 Å². The standard InChI is InChI=1S/C13H15N7O/c1-2-21-11-4-3-10(5-9(11)6-14)16-12-7-15-8-13-17-18-19-20(12)13/h3-5,7-8,16H,2,6,14H2,1H3. The first kappa shape index (κ1) is 13.3. The van der Waals surface area contributed by atoms with E-state index in [1.807, 2.05) is 25.1 Å². The summed E-state index contributed by atoms with van der Waals surface area (Å²) in [7, 11) is 0. The van der Waals surface area contributed by atoms with Crippen LogP contribution >= 0.6 is 0 Å². The molecule has 3 N–H and O–H groups in total. The van der Waals surface area contributed by atoms with Crippen molar-refractivity contribution in [3.8, 4) is 5.75 Å². The summed E-state index contributed by atoms with van der Waals surface area (Å²) in [5.41, 5.74) is 8.13. The predicted molar refractivity (Wildman–Crippen MR) is 77.4 cm³/mol. The Kier molecular flexibility index (Phi) is 3.61. The van der Waals surface area contributed by atoms with E-state index < -0.39 is 0 Å². The van der Waals surface area contributed by atoms with E-state index in [0.29, 0.717) is 24.6 Å². The maximum Gasteiger partial charge on any atom is 0.199 e. The van der Waals surface area contributed by atoms with Crippen LogP contribution in [0.3, 0.4) is 0 Å². The van der Waals surface area contributed by atoms with Gasteiger partial charge in [0.05, 0.1) is 19.0 Å². The SMILES string of the molecule is CCOc1ccc(Nc2cncc3nnnn23)cc1CN. The van der Waals surface area contributed by atoms with E-state index in [4.69, 9.17) is 10.5 Å². The first-order valence-electron chi connectivity index (χ1n) is 6.56. The summed E-state index contributed by atoms with van der Waals surface area (Å²) in [6.07, 6.45) is 3.25.